The van der Waals surface area contributed by atoms with Gasteiger partial charge < -0.3 is 20.6 Å². The van der Waals surface area contributed by atoms with Gasteiger partial charge in [-0.15, -0.1) is 0 Å². The number of benzene rings is 2. The van der Waals surface area contributed by atoms with E-state index in [0.717, 1.165) is 37.5 Å². The number of carbonyl (C=O) groups is 1. The Morgan fingerprint density at radius 2 is 1.45 bits per heavy atom. The van der Waals surface area contributed by atoms with E-state index in [1.165, 1.54) is 11.6 Å². The van der Waals surface area contributed by atoms with Crippen molar-refractivity contribution in [1.29, 1.82) is 0 Å². The van der Waals surface area contributed by atoms with Crippen LogP contribution in [0.3, 0.4) is 0 Å². The number of nitrogens with zero attached hydrogens (tertiary/aromatic N) is 4. The average molecular weight is 539 g/mol. The molecule has 6 aromatic rings. The Kier molecular flexibility index (Phi) is 6.47. The van der Waals surface area contributed by atoms with E-state index >= 15 is 0 Å². The molecule has 4 N–H and O–H groups in total. The van der Waals surface area contributed by atoms with Gasteiger partial charge in [-0.1, -0.05) is 36.4 Å². The maximum atomic E-state index is 13.1. The van der Waals surface area contributed by atoms with Crippen LogP contribution in [0.1, 0.15) is 11.1 Å². The first-order chi connectivity index (χ1) is 19.4. The molecule has 0 radical (unpaired) electrons. The average Bonchev–Trinajstić information content (AvgIpc) is 3.67. The van der Waals surface area contributed by atoms with Gasteiger partial charge in [-0.2, -0.15) is 4.98 Å². The Bertz CT molecular complexity index is 1990. The first kappa shape index (κ1) is 25.2. The summed E-state index contributed by atoms with van der Waals surface area (Å²) in [6.45, 7) is 0.835. The van der Waals surface area contributed by atoms with Crippen LogP contribution in [0.2, 0.25) is 0 Å². The summed E-state index contributed by atoms with van der Waals surface area (Å²) in [4.78, 5) is 49.9. The fourth-order valence-electron chi connectivity index (χ4n) is 5.26. The van der Waals surface area contributed by atoms with E-state index in [9.17, 15) is 14.4 Å². The lowest BCUT2D eigenvalue weighted by Crippen LogP contribution is -2.38. The Morgan fingerprint density at radius 1 is 0.850 bits per heavy atom. The predicted molar refractivity (Wildman–Crippen MR) is 156 cm³/mol. The summed E-state index contributed by atoms with van der Waals surface area (Å²) in [6, 6.07) is 16.1. The number of aromatic amines is 2. The minimum Gasteiger partial charge on any atom is -0.361 e. The van der Waals surface area contributed by atoms with Crippen molar-refractivity contribution in [2.24, 2.45) is 14.1 Å². The monoisotopic (exact) mass is 538 g/mol. The van der Waals surface area contributed by atoms with Crippen molar-refractivity contribution < 1.29 is 4.79 Å². The van der Waals surface area contributed by atoms with Gasteiger partial charge in [-0.25, -0.2) is 4.79 Å². The minimum absolute atomic E-state index is 0.118. The third-order valence-electron chi connectivity index (χ3n) is 7.39. The molecular weight excluding hydrogens is 508 g/mol. The number of H-pyrrole nitrogens is 2. The second kappa shape index (κ2) is 10.3. The van der Waals surface area contributed by atoms with Crippen molar-refractivity contribution in [3.8, 4) is 0 Å². The number of anilines is 1. The van der Waals surface area contributed by atoms with Crippen molar-refractivity contribution in [3.05, 3.63) is 92.9 Å². The van der Waals surface area contributed by atoms with Gasteiger partial charge in [0, 0.05) is 61.4 Å². The van der Waals surface area contributed by atoms with Crippen molar-refractivity contribution in [1.82, 2.24) is 34.0 Å². The van der Waals surface area contributed by atoms with E-state index in [2.05, 4.69) is 37.7 Å². The molecule has 2 aromatic carbocycles. The first-order valence-corrected chi connectivity index (χ1v) is 13.2. The molecule has 0 saturated heterocycles. The number of carbonyl (C=O) groups excluding carboxylic acids is 1. The van der Waals surface area contributed by atoms with Crippen LogP contribution in [0.5, 0.6) is 0 Å². The number of aryl methyl sites for hydroxylation is 1. The number of para-hydroxylation sites is 2. The van der Waals surface area contributed by atoms with E-state index in [1.54, 1.807) is 11.6 Å². The van der Waals surface area contributed by atoms with Crippen LogP contribution in [0.4, 0.5) is 5.95 Å². The van der Waals surface area contributed by atoms with Gasteiger partial charge in [-0.3, -0.25) is 23.3 Å². The number of aromatic nitrogens is 6. The van der Waals surface area contributed by atoms with Gasteiger partial charge in [0.1, 0.15) is 6.54 Å². The van der Waals surface area contributed by atoms with Gasteiger partial charge in [-0.05, 0) is 36.1 Å². The molecule has 0 bridgehead atoms. The number of amides is 1. The fourth-order valence-corrected chi connectivity index (χ4v) is 5.26. The number of fused-ring (bicyclic) bond motifs is 3. The molecule has 11 nitrogen and oxygen atoms in total. The number of nitrogens with one attached hydrogen (secondary N) is 4. The topological polar surface area (TPSA) is 135 Å². The molecule has 0 unspecified atom stereocenters. The Morgan fingerprint density at radius 3 is 2.10 bits per heavy atom. The van der Waals surface area contributed by atoms with Crippen LogP contribution in [-0.2, 0) is 38.3 Å². The van der Waals surface area contributed by atoms with Crippen LogP contribution >= 0.6 is 0 Å². The van der Waals surface area contributed by atoms with E-state index in [4.69, 9.17) is 0 Å². The Balaban J connectivity index is 1.22. The summed E-state index contributed by atoms with van der Waals surface area (Å²) in [5.41, 5.74) is 3.83. The molecule has 0 aliphatic carbocycles. The van der Waals surface area contributed by atoms with Gasteiger partial charge in [0.2, 0.25) is 11.9 Å². The number of rotatable bonds is 9. The standard InChI is InChI=1S/C29H30N8O3/c1-35-26-25(27(39)36(2)29(35)40)37(17-24(38)30-13-11-18-15-32-22-9-5-3-7-20(18)22)28(34-26)31-14-12-19-16-33-23-10-6-4-8-21(19)23/h3-10,15-16,32-33H,11-14,17H2,1-2H3,(H,30,38)(H,31,34). The van der Waals surface area contributed by atoms with E-state index in [-0.39, 0.29) is 23.6 Å². The molecule has 0 atom stereocenters. The molecule has 0 aliphatic heterocycles. The predicted octanol–water partition coefficient (Wildman–Crippen LogP) is 2.41. The summed E-state index contributed by atoms with van der Waals surface area (Å²) in [7, 11) is 2.99. The lowest BCUT2D eigenvalue weighted by molar-refractivity contribution is -0.121. The molecule has 0 saturated carbocycles. The molecule has 0 fully saturated rings. The molecule has 4 aromatic heterocycles. The van der Waals surface area contributed by atoms with Gasteiger partial charge >= 0.3 is 5.69 Å². The van der Waals surface area contributed by atoms with Crippen molar-refractivity contribution >= 4 is 44.8 Å². The van der Waals surface area contributed by atoms with Crippen LogP contribution in [0.15, 0.2) is 70.5 Å². The van der Waals surface area contributed by atoms with Crippen molar-refractivity contribution in [3.63, 3.8) is 0 Å². The van der Waals surface area contributed by atoms with E-state index in [1.807, 2.05) is 48.8 Å². The second-order valence-electron chi connectivity index (χ2n) is 9.90. The zero-order valence-corrected chi connectivity index (χ0v) is 22.3. The first-order valence-electron chi connectivity index (χ1n) is 13.2. The van der Waals surface area contributed by atoms with E-state index < -0.39 is 11.2 Å². The summed E-state index contributed by atoms with van der Waals surface area (Å²) >= 11 is 0. The van der Waals surface area contributed by atoms with Crippen LogP contribution in [0, 0.1) is 0 Å². The van der Waals surface area contributed by atoms with Crippen LogP contribution in [0.25, 0.3) is 33.0 Å². The highest BCUT2D eigenvalue weighted by Crippen LogP contribution is 2.20. The highest BCUT2D eigenvalue weighted by Gasteiger charge is 2.21. The van der Waals surface area contributed by atoms with Gasteiger partial charge in [0.25, 0.3) is 5.56 Å². The summed E-state index contributed by atoms with van der Waals surface area (Å²) < 4.78 is 3.92. The third-order valence-corrected chi connectivity index (χ3v) is 7.39. The summed E-state index contributed by atoms with van der Waals surface area (Å²) in [5.74, 6) is 0.106. The summed E-state index contributed by atoms with van der Waals surface area (Å²) in [6.07, 6.45) is 5.30. The lowest BCUT2D eigenvalue weighted by Gasteiger charge is -2.11. The summed E-state index contributed by atoms with van der Waals surface area (Å²) in [5, 5.41) is 8.53. The lowest BCUT2D eigenvalue weighted by atomic mass is 10.1. The minimum atomic E-state index is -0.498. The zero-order valence-electron chi connectivity index (χ0n) is 22.3. The number of hydrogen-bond acceptors (Lipinski definition) is 5. The van der Waals surface area contributed by atoms with Crippen molar-refractivity contribution in [2.45, 2.75) is 19.4 Å². The van der Waals surface area contributed by atoms with Crippen molar-refractivity contribution in [2.75, 3.05) is 18.4 Å². The molecule has 0 spiro atoms. The molecule has 4 heterocycles. The second-order valence-corrected chi connectivity index (χ2v) is 9.90. The van der Waals surface area contributed by atoms with Gasteiger partial charge in [0.05, 0.1) is 0 Å². The van der Waals surface area contributed by atoms with Crippen LogP contribution in [-0.4, -0.2) is 47.6 Å². The number of imidazole rings is 1. The quantitative estimate of drug-likeness (QED) is 0.224. The molecule has 0 aliphatic rings. The van der Waals surface area contributed by atoms with Gasteiger partial charge in [0.15, 0.2) is 11.2 Å². The highest BCUT2D eigenvalue weighted by atomic mass is 16.2. The Labute approximate surface area is 228 Å². The third kappa shape index (κ3) is 4.45. The Hall–Kier alpha value is -5.06. The molecule has 1 amide bonds. The smallest absolute Gasteiger partial charge is 0.332 e. The molecular formula is C29H30N8O3. The largest absolute Gasteiger partial charge is 0.361 e. The molecule has 6 rings (SSSR count). The molecule has 204 valence electrons. The SMILES string of the molecule is Cn1c(=O)c2c(nc(NCCc3c[nH]c4ccccc34)n2CC(=O)NCCc2c[nH]c3ccccc23)n(C)c1=O. The molecule has 40 heavy (non-hydrogen) atoms. The van der Waals surface area contributed by atoms with E-state index in [0.29, 0.717) is 31.9 Å². The highest BCUT2D eigenvalue weighted by molar-refractivity contribution is 5.84. The maximum Gasteiger partial charge on any atom is 0.332 e. The normalized spacial score (nSPS) is 11.6. The fraction of sp³-hybridized carbons (Fsp3) is 0.241. The maximum absolute atomic E-state index is 13.1. The zero-order chi connectivity index (χ0) is 27.8. The molecule has 11 heteroatoms. The number of hydrogen-bond donors (Lipinski definition) is 4. The van der Waals surface area contributed by atoms with Crippen LogP contribution < -0.4 is 21.9 Å².